The van der Waals surface area contributed by atoms with Gasteiger partial charge in [0.2, 0.25) is 11.8 Å². The lowest BCUT2D eigenvalue weighted by Gasteiger charge is -2.28. The van der Waals surface area contributed by atoms with Gasteiger partial charge in [-0.2, -0.15) is 0 Å². The number of nitrogens with one attached hydrogen (secondary N) is 5. The number of hydrogen-bond acceptors (Lipinski definition) is 8. The zero-order valence-corrected chi connectivity index (χ0v) is 31.6. The summed E-state index contributed by atoms with van der Waals surface area (Å²) in [4.78, 5) is 67.7. The second-order valence-electron chi connectivity index (χ2n) is 14.8. The van der Waals surface area contributed by atoms with Crippen LogP contribution in [0.3, 0.4) is 0 Å². The van der Waals surface area contributed by atoms with E-state index in [4.69, 9.17) is 9.97 Å². The number of carbonyl (C=O) groups excluding carboxylic acids is 4. The number of likely N-dealkylation sites (tertiary alicyclic amines) is 1. The molecule has 4 amide bonds. The summed E-state index contributed by atoms with van der Waals surface area (Å²) in [6, 6.07) is 21.2. The van der Waals surface area contributed by atoms with Gasteiger partial charge >= 0.3 is 12.2 Å². The van der Waals surface area contributed by atoms with Crippen LogP contribution in [0.1, 0.15) is 73.9 Å². The molecular weight excluding hydrogens is 713 g/mol. The van der Waals surface area contributed by atoms with Gasteiger partial charge in [-0.3, -0.25) is 9.59 Å². The Morgan fingerprint density at radius 1 is 0.786 bits per heavy atom. The van der Waals surface area contributed by atoms with Gasteiger partial charge in [-0.15, -0.1) is 0 Å². The van der Waals surface area contributed by atoms with Gasteiger partial charge in [-0.25, -0.2) is 19.6 Å². The van der Waals surface area contributed by atoms with Crippen LogP contribution in [0, 0.1) is 0 Å². The number of imidazole rings is 2. The van der Waals surface area contributed by atoms with Crippen molar-refractivity contribution >= 4 is 35.0 Å². The number of carbonyl (C=O) groups is 4. The van der Waals surface area contributed by atoms with Gasteiger partial charge in [0.25, 0.3) is 0 Å². The molecule has 14 nitrogen and oxygen atoms in total. The maximum atomic E-state index is 13.0. The normalized spacial score (nSPS) is 17.1. The molecule has 3 heterocycles. The van der Waals surface area contributed by atoms with Crippen molar-refractivity contribution in [2.45, 2.75) is 69.4 Å². The molecule has 1 saturated carbocycles. The second-order valence-corrected chi connectivity index (χ2v) is 14.8. The van der Waals surface area contributed by atoms with Crippen molar-refractivity contribution in [2.24, 2.45) is 0 Å². The Kier molecular flexibility index (Phi) is 10.2. The zero-order valence-electron chi connectivity index (χ0n) is 31.6. The summed E-state index contributed by atoms with van der Waals surface area (Å²) in [6.45, 7) is 0.341. The topological polar surface area (TPSA) is 183 Å². The summed E-state index contributed by atoms with van der Waals surface area (Å²) in [5, 5.41) is 8.09. The lowest BCUT2D eigenvalue weighted by Crippen LogP contribution is -2.48. The van der Waals surface area contributed by atoms with Crippen molar-refractivity contribution in [2.75, 3.05) is 33.9 Å². The van der Waals surface area contributed by atoms with E-state index < -0.39 is 17.7 Å². The number of fused-ring (bicyclic) bond motifs is 4. The lowest BCUT2D eigenvalue weighted by atomic mass is 9.95. The third kappa shape index (κ3) is 7.30. The number of alkyl carbamates (subject to hydrolysis) is 2. The molecule has 2 aromatic heterocycles. The fourth-order valence-electron chi connectivity index (χ4n) is 8.54. The largest absolute Gasteiger partial charge is 0.453 e. The number of benzene rings is 3. The average Bonchev–Trinajstić information content (AvgIpc) is 4.05. The molecule has 3 aliphatic rings. The fourth-order valence-corrected chi connectivity index (χ4v) is 8.54. The summed E-state index contributed by atoms with van der Waals surface area (Å²) in [5.41, 5.74) is 9.91. The molecule has 14 heteroatoms. The molecule has 1 saturated heterocycles. The van der Waals surface area contributed by atoms with Crippen LogP contribution in [0.5, 0.6) is 0 Å². The fraction of sp³-hybridized carbons (Fsp3) is 0.381. The second kappa shape index (κ2) is 15.5. The van der Waals surface area contributed by atoms with Gasteiger partial charge in [0.15, 0.2) is 0 Å². The van der Waals surface area contributed by atoms with Crippen molar-refractivity contribution in [3.8, 4) is 33.5 Å². The predicted octanol–water partition coefficient (Wildman–Crippen LogP) is 6.04. The Bertz CT molecular complexity index is 2290. The van der Waals surface area contributed by atoms with E-state index in [1.807, 2.05) is 6.07 Å². The number of ether oxygens (including phenoxy) is 2. The number of rotatable bonds is 9. The summed E-state index contributed by atoms with van der Waals surface area (Å²) in [5.74, 6) is 1.08. The van der Waals surface area contributed by atoms with E-state index in [1.165, 1.54) is 19.8 Å². The molecule has 3 aromatic carbocycles. The van der Waals surface area contributed by atoms with Crippen LogP contribution < -0.4 is 16.0 Å². The van der Waals surface area contributed by atoms with Crippen LogP contribution in [0.15, 0.2) is 60.7 Å². The van der Waals surface area contributed by atoms with E-state index in [2.05, 4.69) is 90.0 Å². The highest BCUT2D eigenvalue weighted by Crippen LogP contribution is 2.40. The van der Waals surface area contributed by atoms with Crippen molar-refractivity contribution in [1.82, 2.24) is 40.8 Å². The van der Waals surface area contributed by atoms with E-state index in [0.717, 1.165) is 120 Å². The van der Waals surface area contributed by atoms with E-state index >= 15 is 0 Å². The third-order valence-corrected chi connectivity index (χ3v) is 11.4. The number of aromatic amines is 2. The molecule has 0 spiro atoms. The molecule has 1 aliphatic heterocycles. The van der Waals surface area contributed by atoms with E-state index in [-0.39, 0.29) is 30.9 Å². The molecule has 0 radical (unpaired) electrons. The van der Waals surface area contributed by atoms with Crippen LogP contribution in [0.25, 0.3) is 44.5 Å². The first-order chi connectivity index (χ1) is 27.2. The molecule has 5 aromatic rings. The summed E-state index contributed by atoms with van der Waals surface area (Å²) in [7, 11) is 2.54. The highest BCUT2D eigenvalue weighted by molar-refractivity contribution is 5.85. The highest BCUT2D eigenvalue weighted by atomic mass is 16.5. The van der Waals surface area contributed by atoms with Crippen LogP contribution in [0.4, 0.5) is 9.59 Å². The van der Waals surface area contributed by atoms with Crippen molar-refractivity contribution in [3.05, 3.63) is 83.6 Å². The number of methoxy groups -OCH3 is 2. The first-order valence-electron chi connectivity index (χ1n) is 19.3. The maximum Gasteiger partial charge on any atom is 0.407 e. The Hall–Kier alpha value is -6.18. The van der Waals surface area contributed by atoms with Crippen LogP contribution in [-0.2, 0) is 37.4 Å². The van der Waals surface area contributed by atoms with Crippen LogP contribution >= 0.6 is 0 Å². The molecule has 2 fully saturated rings. The number of hydrogen-bond donors (Lipinski definition) is 5. The smallest absolute Gasteiger partial charge is 0.407 e. The van der Waals surface area contributed by atoms with Gasteiger partial charge in [0.1, 0.15) is 24.7 Å². The molecule has 2 aliphatic carbocycles. The van der Waals surface area contributed by atoms with Gasteiger partial charge in [-0.05, 0) is 84.9 Å². The monoisotopic (exact) mass is 758 g/mol. The minimum Gasteiger partial charge on any atom is -0.453 e. The predicted molar refractivity (Wildman–Crippen MR) is 209 cm³/mol. The molecular formula is C42H46N8O6. The average molecular weight is 759 g/mol. The number of nitrogens with zero attached hydrogens (tertiary/aromatic N) is 3. The van der Waals surface area contributed by atoms with E-state index in [1.54, 1.807) is 4.90 Å². The Balaban J connectivity index is 0.983. The molecule has 0 unspecified atom stereocenters. The number of amides is 4. The highest BCUT2D eigenvalue weighted by Gasteiger charge is 2.40. The molecule has 0 bridgehead atoms. The van der Waals surface area contributed by atoms with Gasteiger partial charge in [0, 0.05) is 17.8 Å². The molecule has 5 N–H and O–H groups in total. The van der Waals surface area contributed by atoms with E-state index in [0.29, 0.717) is 6.54 Å². The van der Waals surface area contributed by atoms with Crippen LogP contribution in [-0.4, -0.2) is 82.7 Å². The zero-order chi connectivity index (χ0) is 38.8. The summed E-state index contributed by atoms with van der Waals surface area (Å²) < 4.78 is 9.22. The minimum atomic E-state index is -0.649. The third-order valence-electron chi connectivity index (χ3n) is 11.4. The molecule has 56 heavy (non-hydrogen) atoms. The van der Waals surface area contributed by atoms with Crippen molar-refractivity contribution in [1.29, 1.82) is 0 Å². The number of H-pyrrole nitrogens is 2. The summed E-state index contributed by atoms with van der Waals surface area (Å²) >= 11 is 0. The first kappa shape index (κ1) is 36.8. The maximum absolute atomic E-state index is 13.0. The van der Waals surface area contributed by atoms with Crippen molar-refractivity contribution in [3.63, 3.8) is 0 Å². The standard InChI is InChI=1S/C42H46N8O6/c1-55-40(53)43-23-35(51)49-42(18-3-4-19-42)39-46-31-17-15-28(22-33(31)47-39)26-12-10-25(11-13-26)27-14-16-30-29(21-27)7-5-8-32-37(30)48-38(45-32)34-9-6-20-50(34)36(52)24-44-41(54)56-2/h10-17,21-22,34H,3-9,18-20,23-24H2,1-2H3,(H,43,53)(H,44,54)(H,45,48)(H,46,47)(H,49,51)/t34-/m0/s1. The molecule has 290 valence electrons. The van der Waals surface area contributed by atoms with Gasteiger partial charge in [-0.1, -0.05) is 61.4 Å². The summed E-state index contributed by atoms with van der Waals surface area (Å²) in [6.07, 6.45) is 6.67. The quantitative estimate of drug-likeness (QED) is 0.121. The van der Waals surface area contributed by atoms with Gasteiger partial charge < -0.3 is 40.3 Å². The van der Waals surface area contributed by atoms with Gasteiger partial charge in [0.05, 0.1) is 42.5 Å². The Morgan fingerprint density at radius 2 is 1.46 bits per heavy atom. The van der Waals surface area contributed by atoms with E-state index in [9.17, 15) is 19.2 Å². The Labute approximate surface area is 324 Å². The SMILES string of the molecule is COC(=O)NCC(=O)NC1(c2nc3ccc(-c4ccc(-c5ccc6c(c5)CCCc5[nH]c([C@@H]7CCCN7C(=O)CNC(=O)OC)nc5-6)cc4)cc3[nH]2)CCCC1. The number of aromatic nitrogens is 4. The Morgan fingerprint density at radius 3 is 2.20 bits per heavy atom. The van der Waals surface area contributed by atoms with Crippen molar-refractivity contribution < 1.29 is 28.7 Å². The minimum absolute atomic E-state index is 0.111. The first-order valence-corrected chi connectivity index (χ1v) is 19.3. The number of aryl methyl sites for hydroxylation is 2. The lowest BCUT2D eigenvalue weighted by molar-refractivity contribution is -0.131. The molecule has 8 rings (SSSR count). The van der Waals surface area contributed by atoms with Crippen LogP contribution in [0.2, 0.25) is 0 Å². The molecule has 1 atom stereocenters.